The standard InChI is InChI=1S/C13H14O4/c1-13(2,3)12(15)17-8-6-10(14)9-4-5-16-11(9)7-8/h4-7,14H,1-3H3. The first kappa shape index (κ1) is 11.5. The molecule has 4 nitrogen and oxygen atoms in total. The Kier molecular flexibility index (Phi) is 2.58. The lowest BCUT2D eigenvalue weighted by atomic mass is 9.97. The molecule has 0 fully saturated rings. The molecule has 0 spiro atoms. The summed E-state index contributed by atoms with van der Waals surface area (Å²) in [6.07, 6.45) is 1.47. The van der Waals surface area contributed by atoms with Crippen molar-refractivity contribution in [1.29, 1.82) is 0 Å². The summed E-state index contributed by atoms with van der Waals surface area (Å²) >= 11 is 0. The molecular weight excluding hydrogens is 220 g/mol. The molecule has 0 bridgehead atoms. The molecule has 0 radical (unpaired) electrons. The van der Waals surface area contributed by atoms with Gasteiger partial charge in [-0.15, -0.1) is 0 Å². The van der Waals surface area contributed by atoms with Crippen molar-refractivity contribution in [1.82, 2.24) is 0 Å². The van der Waals surface area contributed by atoms with Gasteiger partial charge in [0.2, 0.25) is 0 Å². The topological polar surface area (TPSA) is 59.7 Å². The average Bonchev–Trinajstić information content (AvgIpc) is 2.64. The van der Waals surface area contributed by atoms with Gasteiger partial charge >= 0.3 is 5.97 Å². The first-order chi connectivity index (χ1) is 7.88. The molecule has 1 aromatic carbocycles. The van der Waals surface area contributed by atoms with E-state index in [1.54, 1.807) is 32.9 Å². The van der Waals surface area contributed by atoms with Gasteiger partial charge in [0.15, 0.2) is 0 Å². The highest BCUT2D eigenvalue weighted by Gasteiger charge is 2.24. The molecule has 1 N–H and O–H groups in total. The molecule has 0 aliphatic carbocycles. The number of fused-ring (bicyclic) bond motifs is 1. The number of hydrogen-bond donors (Lipinski definition) is 1. The molecule has 0 saturated carbocycles. The van der Waals surface area contributed by atoms with Gasteiger partial charge in [-0.2, -0.15) is 0 Å². The molecule has 2 aromatic rings. The Morgan fingerprint density at radius 2 is 2.06 bits per heavy atom. The van der Waals surface area contributed by atoms with E-state index in [9.17, 15) is 9.90 Å². The summed E-state index contributed by atoms with van der Waals surface area (Å²) in [7, 11) is 0. The monoisotopic (exact) mass is 234 g/mol. The van der Waals surface area contributed by atoms with Crippen LogP contribution in [0.25, 0.3) is 11.0 Å². The zero-order valence-electron chi connectivity index (χ0n) is 9.98. The highest BCUT2D eigenvalue weighted by atomic mass is 16.5. The normalized spacial score (nSPS) is 11.7. The lowest BCUT2D eigenvalue weighted by Crippen LogP contribution is -2.25. The molecule has 0 amide bonds. The van der Waals surface area contributed by atoms with Gasteiger partial charge in [0.1, 0.15) is 17.1 Å². The molecular formula is C13H14O4. The fourth-order valence-electron chi connectivity index (χ4n) is 1.35. The van der Waals surface area contributed by atoms with Crippen molar-refractivity contribution in [3.8, 4) is 11.5 Å². The summed E-state index contributed by atoms with van der Waals surface area (Å²) in [5, 5.41) is 10.3. The van der Waals surface area contributed by atoms with E-state index < -0.39 is 5.41 Å². The minimum Gasteiger partial charge on any atom is -0.507 e. The van der Waals surface area contributed by atoms with Crippen LogP contribution in [0.1, 0.15) is 20.8 Å². The summed E-state index contributed by atoms with van der Waals surface area (Å²) < 4.78 is 10.3. The van der Waals surface area contributed by atoms with Gasteiger partial charge in [-0.1, -0.05) is 0 Å². The molecule has 0 saturated heterocycles. The van der Waals surface area contributed by atoms with E-state index in [1.807, 2.05) is 0 Å². The third-order valence-corrected chi connectivity index (χ3v) is 2.35. The van der Waals surface area contributed by atoms with E-state index in [0.717, 1.165) is 0 Å². The van der Waals surface area contributed by atoms with Crippen molar-refractivity contribution < 1.29 is 19.1 Å². The molecule has 17 heavy (non-hydrogen) atoms. The van der Waals surface area contributed by atoms with E-state index in [-0.39, 0.29) is 17.5 Å². The highest BCUT2D eigenvalue weighted by Crippen LogP contribution is 2.31. The van der Waals surface area contributed by atoms with Crippen LogP contribution in [-0.2, 0) is 4.79 Å². The number of furan rings is 1. The first-order valence-corrected chi connectivity index (χ1v) is 5.30. The number of aromatic hydroxyl groups is 1. The Morgan fingerprint density at radius 3 is 2.71 bits per heavy atom. The van der Waals surface area contributed by atoms with Crippen LogP contribution in [0.5, 0.6) is 11.5 Å². The number of rotatable bonds is 1. The predicted molar refractivity (Wildman–Crippen MR) is 63.0 cm³/mol. The first-order valence-electron chi connectivity index (χ1n) is 5.30. The minimum atomic E-state index is -0.590. The Labute approximate surface area is 98.8 Å². The van der Waals surface area contributed by atoms with Crippen LogP contribution in [0.3, 0.4) is 0 Å². The predicted octanol–water partition coefficient (Wildman–Crippen LogP) is 3.09. The molecule has 4 heteroatoms. The van der Waals surface area contributed by atoms with Crippen molar-refractivity contribution in [2.24, 2.45) is 5.41 Å². The second kappa shape index (κ2) is 3.80. The summed E-state index contributed by atoms with van der Waals surface area (Å²) in [6.45, 7) is 5.29. The number of ether oxygens (including phenoxy) is 1. The fraction of sp³-hybridized carbons (Fsp3) is 0.308. The van der Waals surface area contributed by atoms with Gasteiger partial charge in [0.25, 0.3) is 0 Å². The zero-order chi connectivity index (χ0) is 12.6. The van der Waals surface area contributed by atoms with E-state index in [2.05, 4.69) is 0 Å². The van der Waals surface area contributed by atoms with E-state index >= 15 is 0 Å². The smallest absolute Gasteiger partial charge is 0.316 e. The number of carbonyl (C=O) groups excluding carboxylic acids is 1. The van der Waals surface area contributed by atoms with Gasteiger partial charge in [0.05, 0.1) is 17.1 Å². The van der Waals surface area contributed by atoms with Gasteiger partial charge in [-0.25, -0.2) is 0 Å². The Morgan fingerprint density at radius 1 is 1.35 bits per heavy atom. The van der Waals surface area contributed by atoms with Crippen LogP contribution in [0.4, 0.5) is 0 Å². The number of benzene rings is 1. The van der Waals surface area contributed by atoms with E-state index in [0.29, 0.717) is 11.0 Å². The number of esters is 1. The minimum absolute atomic E-state index is 0.0351. The maximum Gasteiger partial charge on any atom is 0.316 e. The second-order valence-electron chi connectivity index (χ2n) is 4.91. The van der Waals surface area contributed by atoms with Crippen molar-refractivity contribution in [2.75, 3.05) is 0 Å². The lowest BCUT2D eigenvalue weighted by Gasteiger charge is -2.16. The van der Waals surface area contributed by atoms with E-state index in [1.165, 1.54) is 12.3 Å². The molecule has 1 aromatic heterocycles. The highest BCUT2D eigenvalue weighted by molar-refractivity contribution is 5.86. The van der Waals surface area contributed by atoms with Crippen LogP contribution in [0.2, 0.25) is 0 Å². The summed E-state index contributed by atoms with van der Waals surface area (Å²) in [4.78, 5) is 11.7. The summed E-state index contributed by atoms with van der Waals surface area (Å²) in [5.74, 6) is -0.0411. The summed E-state index contributed by atoms with van der Waals surface area (Å²) in [5.41, 5.74) is -0.102. The van der Waals surface area contributed by atoms with E-state index in [4.69, 9.17) is 9.15 Å². The van der Waals surface area contributed by atoms with Crippen molar-refractivity contribution >= 4 is 16.9 Å². The van der Waals surface area contributed by atoms with Crippen LogP contribution in [0, 0.1) is 5.41 Å². The van der Waals surface area contributed by atoms with Crippen LogP contribution in [-0.4, -0.2) is 11.1 Å². The Hall–Kier alpha value is -1.97. The number of phenolic OH excluding ortho intramolecular Hbond substituents is 1. The summed E-state index contributed by atoms with van der Waals surface area (Å²) in [6, 6.07) is 4.64. The lowest BCUT2D eigenvalue weighted by molar-refractivity contribution is -0.142. The third-order valence-electron chi connectivity index (χ3n) is 2.35. The molecule has 0 atom stereocenters. The number of hydrogen-bond acceptors (Lipinski definition) is 4. The second-order valence-corrected chi connectivity index (χ2v) is 4.91. The Bertz CT molecular complexity index is 560. The van der Waals surface area contributed by atoms with Crippen LogP contribution in [0.15, 0.2) is 28.9 Å². The molecule has 0 aliphatic heterocycles. The Balaban J connectivity index is 2.34. The molecule has 90 valence electrons. The molecule has 0 aliphatic rings. The van der Waals surface area contributed by atoms with Crippen molar-refractivity contribution in [3.63, 3.8) is 0 Å². The van der Waals surface area contributed by atoms with Gasteiger partial charge in [-0.3, -0.25) is 4.79 Å². The van der Waals surface area contributed by atoms with Crippen LogP contribution >= 0.6 is 0 Å². The average molecular weight is 234 g/mol. The van der Waals surface area contributed by atoms with Gasteiger partial charge in [-0.05, 0) is 26.8 Å². The van der Waals surface area contributed by atoms with Gasteiger partial charge in [0, 0.05) is 12.1 Å². The number of phenols is 1. The number of carbonyl (C=O) groups is 1. The maximum atomic E-state index is 11.7. The fourth-order valence-corrected chi connectivity index (χ4v) is 1.35. The van der Waals surface area contributed by atoms with Gasteiger partial charge < -0.3 is 14.3 Å². The molecule has 2 rings (SSSR count). The van der Waals surface area contributed by atoms with Crippen molar-refractivity contribution in [3.05, 3.63) is 24.5 Å². The third kappa shape index (κ3) is 2.25. The SMILES string of the molecule is CC(C)(C)C(=O)Oc1cc(O)c2ccoc2c1. The van der Waals surface area contributed by atoms with Crippen LogP contribution < -0.4 is 4.74 Å². The molecule has 1 heterocycles. The van der Waals surface area contributed by atoms with Crippen molar-refractivity contribution in [2.45, 2.75) is 20.8 Å². The quantitative estimate of drug-likeness (QED) is 0.608. The molecule has 0 unspecified atom stereocenters. The maximum absolute atomic E-state index is 11.7. The largest absolute Gasteiger partial charge is 0.507 e. The zero-order valence-corrected chi connectivity index (χ0v) is 9.98.